The van der Waals surface area contributed by atoms with Crippen molar-refractivity contribution in [1.29, 1.82) is 0 Å². The molecule has 1 atom stereocenters. The number of hydrogen-bond acceptors (Lipinski definition) is 3. The van der Waals surface area contributed by atoms with E-state index in [4.69, 9.17) is 0 Å². The molecule has 134 valence electrons. The molecule has 0 unspecified atom stereocenters. The predicted octanol–water partition coefficient (Wildman–Crippen LogP) is 3.46. The first-order valence-electron chi connectivity index (χ1n) is 9.74. The molecule has 3 heterocycles. The summed E-state index contributed by atoms with van der Waals surface area (Å²) in [7, 11) is 0. The van der Waals surface area contributed by atoms with Crippen LogP contribution in [0.2, 0.25) is 0 Å². The highest BCUT2D eigenvalue weighted by Crippen LogP contribution is 2.35. The summed E-state index contributed by atoms with van der Waals surface area (Å²) >= 11 is 0. The van der Waals surface area contributed by atoms with E-state index in [1.807, 2.05) is 17.5 Å². The Hall–Kier alpha value is -1.91. The van der Waals surface area contributed by atoms with Crippen LogP contribution in [0, 0.1) is 19.8 Å². The Morgan fingerprint density at radius 2 is 2.00 bits per heavy atom. The van der Waals surface area contributed by atoms with Gasteiger partial charge < -0.3 is 4.90 Å². The first-order chi connectivity index (χ1) is 12.1. The molecular formula is C20H28N4O. The van der Waals surface area contributed by atoms with Crippen molar-refractivity contribution in [3.05, 3.63) is 29.2 Å². The maximum atomic E-state index is 12.9. The van der Waals surface area contributed by atoms with Crippen LogP contribution in [0.4, 0.5) is 0 Å². The zero-order chi connectivity index (χ0) is 17.4. The van der Waals surface area contributed by atoms with E-state index in [9.17, 15) is 4.79 Å². The molecule has 2 aromatic rings. The minimum atomic E-state index is 0.328. The maximum Gasteiger partial charge on any atom is 0.223 e. The molecule has 1 amide bonds. The molecule has 0 radical (unpaired) electrons. The molecule has 2 aliphatic rings. The summed E-state index contributed by atoms with van der Waals surface area (Å²) in [5, 5.41) is 4.35. The van der Waals surface area contributed by atoms with Crippen molar-refractivity contribution < 1.29 is 4.79 Å². The van der Waals surface area contributed by atoms with Crippen molar-refractivity contribution in [3.63, 3.8) is 0 Å². The third-order valence-electron chi connectivity index (χ3n) is 6.25. The molecule has 0 N–H and O–H groups in total. The monoisotopic (exact) mass is 340 g/mol. The van der Waals surface area contributed by atoms with Crippen LogP contribution in [0.15, 0.2) is 12.3 Å². The van der Waals surface area contributed by atoms with Gasteiger partial charge in [-0.3, -0.25) is 4.79 Å². The predicted molar refractivity (Wildman–Crippen MR) is 97.5 cm³/mol. The van der Waals surface area contributed by atoms with E-state index in [-0.39, 0.29) is 0 Å². The number of rotatable bonds is 4. The Labute approximate surface area is 149 Å². The number of fused-ring (bicyclic) bond motifs is 1. The minimum absolute atomic E-state index is 0.328. The molecule has 1 aliphatic carbocycles. The van der Waals surface area contributed by atoms with Crippen LogP contribution in [0.25, 0.3) is 5.65 Å². The van der Waals surface area contributed by atoms with Crippen LogP contribution in [0.1, 0.15) is 61.9 Å². The van der Waals surface area contributed by atoms with E-state index >= 15 is 0 Å². The standard InChI is InChI=1S/C20H28N4O/c1-14-17(15(2)24-19(22-14)11-12-21-24)9-10-20(25)23-13-5-8-18(23)16-6-3-4-7-16/h11-12,16,18H,3-10,13H2,1-2H3/t18-/m0/s1. The zero-order valence-electron chi connectivity index (χ0n) is 15.4. The normalized spacial score (nSPS) is 21.5. The molecule has 2 fully saturated rings. The van der Waals surface area contributed by atoms with Gasteiger partial charge in [0.15, 0.2) is 5.65 Å². The first-order valence-corrected chi connectivity index (χ1v) is 9.74. The number of carbonyl (C=O) groups is 1. The minimum Gasteiger partial charge on any atom is -0.339 e. The molecule has 25 heavy (non-hydrogen) atoms. The number of aromatic nitrogens is 3. The van der Waals surface area contributed by atoms with Gasteiger partial charge in [-0.2, -0.15) is 5.10 Å². The number of likely N-dealkylation sites (tertiary alicyclic amines) is 1. The van der Waals surface area contributed by atoms with Crippen LogP contribution in [0.5, 0.6) is 0 Å². The average molecular weight is 340 g/mol. The Balaban J connectivity index is 1.46. The van der Waals surface area contributed by atoms with Gasteiger partial charge in [-0.15, -0.1) is 0 Å². The van der Waals surface area contributed by atoms with Crippen LogP contribution < -0.4 is 0 Å². The van der Waals surface area contributed by atoms with Crippen molar-refractivity contribution in [1.82, 2.24) is 19.5 Å². The molecular weight excluding hydrogens is 312 g/mol. The van der Waals surface area contributed by atoms with E-state index in [0.717, 1.165) is 35.9 Å². The largest absolute Gasteiger partial charge is 0.339 e. The fraction of sp³-hybridized carbons (Fsp3) is 0.650. The average Bonchev–Trinajstić information content (AvgIpc) is 3.33. The third kappa shape index (κ3) is 3.05. The van der Waals surface area contributed by atoms with Crippen molar-refractivity contribution >= 4 is 11.6 Å². The fourth-order valence-corrected chi connectivity index (χ4v) is 4.94. The maximum absolute atomic E-state index is 12.9. The molecule has 1 saturated heterocycles. The van der Waals surface area contributed by atoms with Gasteiger partial charge in [-0.05, 0) is 57.4 Å². The Morgan fingerprint density at radius 1 is 1.20 bits per heavy atom. The Bertz CT molecular complexity index is 775. The lowest BCUT2D eigenvalue weighted by Crippen LogP contribution is -2.39. The van der Waals surface area contributed by atoms with Gasteiger partial charge in [0.25, 0.3) is 0 Å². The van der Waals surface area contributed by atoms with E-state index < -0.39 is 0 Å². The smallest absolute Gasteiger partial charge is 0.223 e. The quantitative estimate of drug-likeness (QED) is 0.856. The molecule has 0 aromatic carbocycles. The van der Waals surface area contributed by atoms with E-state index in [0.29, 0.717) is 18.4 Å². The van der Waals surface area contributed by atoms with Crippen LogP contribution in [-0.4, -0.2) is 38.0 Å². The van der Waals surface area contributed by atoms with Gasteiger partial charge in [0.2, 0.25) is 5.91 Å². The zero-order valence-corrected chi connectivity index (χ0v) is 15.4. The van der Waals surface area contributed by atoms with Crippen molar-refractivity contribution in [2.45, 2.75) is 71.3 Å². The second kappa shape index (κ2) is 6.77. The molecule has 5 nitrogen and oxygen atoms in total. The second-order valence-corrected chi connectivity index (χ2v) is 7.70. The first kappa shape index (κ1) is 16.6. The summed E-state index contributed by atoms with van der Waals surface area (Å²) < 4.78 is 1.88. The summed E-state index contributed by atoms with van der Waals surface area (Å²) in [5.74, 6) is 1.07. The van der Waals surface area contributed by atoms with Crippen LogP contribution >= 0.6 is 0 Å². The van der Waals surface area contributed by atoms with Gasteiger partial charge in [0, 0.05) is 36.5 Å². The van der Waals surface area contributed by atoms with Crippen LogP contribution in [-0.2, 0) is 11.2 Å². The number of hydrogen-bond donors (Lipinski definition) is 0. The summed E-state index contributed by atoms with van der Waals surface area (Å²) in [4.78, 5) is 19.7. The highest BCUT2D eigenvalue weighted by Gasteiger charge is 2.35. The topological polar surface area (TPSA) is 50.5 Å². The molecule has 4 rings (SSSR count). The lowest BCUT2D eigenvalue weighted by molar-refractivity contribution is -0.132. The molecule has 0 spiro atoms. The van der Waals surface area contributed by atoms with Gasteiger partial charge in [0.05, 0.1) is 6.20 Å². The van der Waals surface area contributed by atoms with E-state index in [2.05, 4.69) is 21.9 Å². The van der Waals surface area contributed by atoms with Crippen molar-refractivity contribution in [2.75, 3.05) is 6.54 Å². The molecule has 0 bridgehead atoms. The van der Waals surface area contributed by atoms with Crippen LogP contribution in [0.3, 0.4) is 0 Å². The fourth-order valence-electron chi connectivity index (χ4n) is 4.94. The number of aryl methyl sites for hydroxylation is 2. The molecule has 1 aliphatic heterocycles. The van der Waals surface area contributed by atoms with Gasteiger partial charge in [-0.1, -0.05) is 12.8 Å². The second-order valence-electron chi connectivity index (χ2n) is 7.70. The number of carbonyl (C=O) groups excluding carboxylic acids is 1. The lowest BCUT2D eigenvalue weighted by atomic mass is 9.95. The van der Waals surface area contributed by atoms with Crippen molar-refractivity contribution in [2.24, 2.45) is 5.92 Å². The van der Waals surface area contributed by atoms with E-state index in [1.54, 1.807) is 6.20 Å². The number of nitrogens with zero attached hydrogens (tertiary/aromatic N) is 4. The SMILES string of the molecule is Cc1nc2ccnn2c(C)c1CCC(=O)N1CCC[C@H]1C1CCCC1. The van der Waals surface area contributed by atoms with Crippen molar-refractivity contribution in [3.8, 4) is 0 Å². The highest BCUT2D eigenvalue weighted by atomic mass is 16.2. The summed E-state index contributed by atoms with van der Waals surface area (Å²) in [6, 6.07) is 2.43. The third-order valence-corrected chi connectivity index (χ3v) is 6.25. The van der Waals surface area contributed by atoms with Gasteiger partial charge in [0.1, 0.15) is 0 Å². The molecule has 1 saturated carbocycles. The summed E-state index contributed by atoms with van der Waals surface area (Å²) in [6.45, 7) is 5.07. The Morgan fingerprint density at radius 3 is 2.80 bits per heavy atom. The highest BCUT2D eigenvalue weighted by molar-refractivity contribution is 5.77. The molecule has 2 aromatic heterocycles. The lowest BCUT2D eigenvalue weighted by Gasteiger charge is -2.29. The van der Waals surface area contributed by atoms with Gasteiger partial charge >= 0.3 is 0 Å². The molecule has 5 heteroatoms. The summed E-state index contributed by atoms with van der Waals surface area (Å²) in [5.41, 5.74) is 4.17. The number of amides is 1. The van der Waals surface area contributed by atoms with Gasteiger partial charge in [-0.25, -0.2) is 9.50 Å². The summed E-state index contributed by atoms with van der Waals surface area (Å²) in [6.07, 6.45) is 10.8. The Kier molecular flexibility index (Phi) is 4.48. The van der Waals surface area contributed by atoms with E-state index in [1.165, 1.54) is 44.1 Å².